The van der Waals surface area contributed by atoms with Gasteiger partial charge in [0.15, 0.2) is 6.10 Å². The van der Waals surface area contributed by atoms with E-state index in [4.69, 9.17) is 9.84 Å². The summed E-state index contributed by atoms with van der Waals surface area (Å²) in [6, 6.07) is 7.61. The number of carboxylic acids is 1. The second-order valence-electron chi connectivity index (χ2n) is 4.43. The Morgan fingerprint density at radius 1 is 1.45 bits per heavy atom. The highest BCUT2D eigenvalue weighted by Crippen LogP contribution is 2.35. The predicted octanol–water partition coefficient (Wildman–Crippen LogP) is 1.86. The fourth-order valence-electron chi connectivity index (χ4n) is 2.00. The van der Waals surface area contributed by atoms with Gasteiger partial charge in [-0.05, 0) is 19.1 Å². The molecule has 0 fully saturated rings. The molecule has 0 aliphatic carbocycles. The Labute approximate surface area is 121 Å². The number of thioether (sulfide) groups is 1. The zero-order valence-corrected chi connectivity index (χ0v) is 12.1. The van der Waals surface area contributed by atoms with Crippen LogP contribution in [-0.2, 0) is 9.59 Å². The van der Waals surface area contributed by atoms with Crippen LogP contribution in [0, 0.1) is 0 Å². The Kier molecular flexibility index (Phi) is 4.89. The van der Waals surface area contributed by atoms with E-state index in [1.165, 1.54) is 4.90 Å². The lowest BCUT2D eigenvalue weighted by Gasteiger charge is -2.29. The molecule has 5 nitrogen and oxygen atoms in total. The zero-order chi connectivity index (χ0) is 14.5. The fourth-order valence-corrected chi connectivity index (χ4v) is 2.97. The van der Waals surface area contributed by atoms with Gasteiger partial charge < -0.3 is 14.7 Å². The van der Waals surface area contributed by atoms with Gasteiger partial charge in [-0.1, -0.05) is 12.1 Å². The predicted molar refractivity (Wildman–Crippen MR) is 76.1 cm³/mol. The quantitative estimate of drug-likeness (QED) is 0.898. The lowest BCUT2D eigenvalue weighted by molar-refractivity contribution is -0.140. The third kappa shape index (κ3) is 3.45. The number of hydrogen-bond donors (Lipinski definition) is 1. The molecule has 0 saturated carbocycles. The number of ether oxygens (including phenoxy) is 1. The van der Waals surface area contributed by atoms with Gasteiger partial charge in [0, 0.05) is 23.7 Å². The molecule has 0 radical (unpaired) electrons. The number of benzene rings is 1. The molecule has 0 aromatic heterocycles. The van der Waals surface area contributed by atoms with Crippen molar-refractivity contribution >= 4 is 23.6 Å². The van der Waals surface area contributed by atoms with Crippen LogP contribution in [0.1, 0.15) is 13.3 Å². The van der Waals surface area contributed by atoms with Crippen LogP contribution in [0.25, 0.3) is 0 Å². The molecule has 0 spiro atoms. The van der Waals surface area contributed by atoms with Crippen molar-refractivity contribution in [2.24, 2.45) is 0 Å². The van der Waals surface area contributed by atoms with Gasteiger partial charge in [-0.3, -0.25) is 9.59 Å². The van der Waals surface area contributed by atoms with E-state index in [-0.39, 0.29) is 18.9 Å². The molecule has 1 aliphatic rings. The van der Waals surface area contributed by atoms with E-state index in [2.05, 4.69) is 0 Å². The molecule has 2 rings (SSSR count). The fraction of sp³-hybridized carbons (Fsp3) is 0.429. The smallest absolute Gasteiger partial charge is 0.305 e. The third-order valence-corrected chi connectivity index (χ3v) is 4.19. The van der Waals surface area contributed by atoms with Crippen LogP contribution in [0.15, 0.2) is 29.2 Å². The number of rotatable bonds is 5. The largest absolute Gasteiger partial charge is 0.481 e. The molecule has 1 aliphatic heterocycles. The maximum atomic E-state index is 12.3. The first-order valence-electron chi connectivity index (χ1n) is 6.51. The average Bonchev–Trinajstić information content (AvgIpc) is 2.47. The summed E-state index contributed by atoms with van der Waals surface area (Å²) < 4.78 is 5.72. The van der Waals surface area contributed by atoms with E-state index < -0.39 is 12.1 Å². The summed E-state index contributed by atoms with van der Waals surface area (Å²) in [5.74, 6) is 0.229. The third-order valence-electron chi connectivity index (χ3n) is 3.07. The summed E-state index contributed by atoms with van der Waals surface area (Å²) in [5, 5.41) is 8.71. The Bertz CT molecular complexity index is 506. The summed E-state index contributed by atoms with van der Waals surface area (Å²) in [5.41, 5.74) is 0. The number of nitrogens with zero attached hydrogens (tertiary/aromatic N) is 1. The molecule has 1 aromatic rings. The van der Waals surface area contributed by atoms with Crippen molar-refractivity contribution in [1.29, 1.82) is 0 Å². The van der Waals surface area contributed by atoms with E-state index in [0.29, 0.717) is 12.3 Å². The van der Waals surface area contributed by atoms with E-state index in [1.807, 2.05) is 31.2 Å². The highest BCUT2D eigenvalue weighted by Gasteiger charge is 2.29. The minimum absolute atomic E-state index is 0.0456. The Balaban J connectivity index is 2.01. The summed E-state index contributed by atoms with van der Waals surface area (Å²) in [7, 11) is 0. The first kappa shape index (κ1) is 14.7. The molecule has 20 heavy (non-hydrogen) atoms. The number of carbonyl (C=O) groups is 2. The van der Waals surface area contributed by atoms with Gasteiger partial charge in [-0.25, -0.2) is 0 Å². The highest BCUT2D eigenvalue weighted by molar-refractivity contribution is 7.99. The number of carbonyl (C=O) groups excluding carboxylic acids is 1. The number of likely N-dealkylation sites (N-methyl/N-ethyl adjacent to an activating group) is 1. The Morgan fingerprint density at radius 3 is 2.90 bits per heavy atom. The van der Waals surface area contributed by atoms with Gasteiger partial charge in [0.1, 0.15) is 5.75 Å². The highest BCUT2D eigenvalue weighted by atomic mass is 32.2. The number of carboxylic acid groups (broad SMARTS) is 1. The Morgan fingerprint density at radius 2 is 2.20 bits per heavy atom. The lowest BCUT2D eigenvalue weighted by atomic mass is 10.2. The maximum Gasteiger partial charge on any atom is 0.305 e. The molecule has 0 saturated heterocycles. The molecule has 1 aromatic carbocycles. The van der Waals surface area contributed by atoms with Crippen LogP contribution < -0.4 is 4.74 Å². The summed E-state index contributed by atoms with van der Waals surface area (Å²) in [6.45, 7) is 2.54. The lowest BCUT2D eigenvalue weighted by Crippen LogP contribution is -2.45. The van der Waals surface area contributed by atoms with Gasteiger partial charge in [-0.2, -0.15) is 0 Å². The number of hydrogen-bond acceptors (Lipinski definition) is 4. The zero-order valence-electron chi connectivity index (χ0n) is 11.2. The summed E-state index contributed by atoms with van der Waals surface area (Å²) in [6.07, 6.45) is -0.584. The molecule has 0 bridgehead atoms. The molecule has 1 atom stereocenters. The van der Waals surface area contributed by atoms with Crippen LogP contribution in [0.2, 0.25) is 0 Å². The van der Waals surface area contributed by atoms with Gasteiger partial charge in [0.25, 0.3) is 5.91 Å². The number of aliphatic carboxylic acids is 1. The van der Waals surface area contributed by atoms with Crippen molar-refractivity contribution in [3.05, 3.63) is 24.3 Å². The van der Waals surface area contributed by atoms with Crippen molar-refractivity contribution in [3.63, 3.8) is 0 Å². The van der Waals surface area contributed by atoms with Gasteiger partial charge in [0.2, 0.25) is 0 Å². The molecule has 1 N–H and O–H groups in total. The maximum absolute atomic E-state index is 12.3. The molecule has 1 amide bonds. The van der Waals surface area contributed by atoms with Crippen LogP contribution in [-0.4, -0.2) is 46.8 Å². The first-order valence-corrected chi connectivity index (χ1v) is 7.49. The minimum Gasteiger partial charge on any atom is -0.481 e. The second-order valence-corrected chi connectivity index (χ2v) is 5.49. The Hall–Kier alpha value is -1.69. The minimum atomic E-state index is -0.902. The number of para-hydroxylation sites is 1. The van der Waals surface area contributed by atoms with Crippen molar-refractivity contribution in [2.75, 3.05) is 18.8 Å². The topological polar surface area (TPSA) is 66.8 Å². The molecule has 6 heteroatoms. The van der Waals surface area contributed by atoms with Crippen LogP contribution in [0.5, 0.6) is 5.75 Å². The van der Waals surface area contributed by atoms with Crippen molar-refractivity contribution in [2.45, 2.75) is 24.3 Å². The van der Waals surface area contributed by atoms with Crippen LogP contribution in [0.4, 0.5) is 0 Å². The van der Waals surface area contributed by atoms with E-state index in [0.717, 1.165) is 10.6 Å². The molecule has 1 heterocycles. The van der Waals surface area contributed by atoms with Crippen LogP contribution in [0.3, 0.4) is 0 Å². The molecule has 108 valence electrons. The van der Waals surface area contributed by atoms with E-state index >= 15 is 0 Å². The number of fused-ring (bicyclic) bond motifs is 1. The molecular weight excluding hydrogens is 278 g/mol. The van der Waals surface area contributed by atoms with Crippen molar-refractivity contribution in [3.8, 4) is 5.75 Å². The standard InChI is InChI=1S/C14H17NO4S/c1-2-15(8-7-13(16)17)14(18)11-9-20-12-6-4-3-5-10(12)19-11/h3-6,11H,2,7-9H2,1H3,(H,16,17)/t11-/m1/s1. The van der Waals surface area contributed by atoms with E-state index in [9.17, 15) is 9.59 Å². The van der Waals surface area contributed by atoms with Gasteiger partial charge >= 0.3 is 5.97 Å². The normalized spacial score (nSPS) is 16.9. The van der Waals surface area contributed by atoms with Crippen molar-refractivity contribution in [1.82, 2.24) is 4.90 Å². The second kappa shape index (κ2) is 6.65. The van der Waals surface area contributed by atoms with Crippen molar-refractivity contribution < 1.29 is 19.4 Å². The SMILES string of the molecule is CCN(CCC(=O)O)C(=O)[C@H]1CSc2ccccc2O1. The monoisotopic (exact) mass is 295 g/mol. The molecular formula is C14H17NO4S. The number of amides is 1. The first-order chi connectivity index (χ1) is 9.61. The molecule has 0 unspecified atom stereocenters. The van der Waals surface area contributed by atoms with Gasteiger partial charge in [-0.15, -0.1) is 11.8 Å². The summed E-state index contributed by atoms with van der Waals surface area (Å²) >= 11 is 1.59. The summed E-state index contributed by atoms with van der Waals surface area (Å²) in [4.78, 5) is 25.5. The van der Waals surface area contributed by atoms with Gasteiger partial charge in [0.05, 0.1) is 6.42 Å². The van der Waals surface area contributed by atoms with E-state index in [1.54, 1.807) is 11.8 Å². The average molecular weight is 295 g/mol. The van der Waals surface area contributed by atoms with Crippen LogP contribution >= 0.6 is 11.8 Å².